The molecule has 8 heteroatoms. The Bertz CT molecular complexity index is 697. The molecule has 7 nitrogen and oxygen atoms in total. The molecule has 0 bridgehead atoms. The summed E-state index contributed by atoms with van der Waals surface area (Å²) in [7, 11) is 0. The highest BCUT2D eigenvalue weighted by atomic mass is 32.1. The smallest absolute Gasteiger partial charge is 0.261 e. The highest BCUT2D eigenvalue weighted by Crippen LogP contribution is 2.42. The van der Waals surface area contributed by atoms with Crippen LogP contribution >= 0.6 is 12.2 Å². The van der Waals surface area contributed by atoms with Crippen LogP contribution in [0, 0.1) is 0 Å². The summed E-state index contributed by atoms with van der Waals surface area (Å²) in [5, 5.41) is 3.32. The Kier molecular flexibility index (Phi) is 4.90. The van der Waals surface area contributed by atoms with Crippen molar-refractivity contribution in [3.05, 3.63) is 30.3 Å². The van der Waals surface area contributed by atoms with Gasteiger partial charge in [0, 0.05) is 5.69 Å². The number of hydrogen-bond acceptors (Lipinski definition) is 7. The van der Waals surface area contributed by atoms with Gasteiger partial charge in [0.1, 0.15) is 12.2 Å². The van der Waals surface area contributed by atoms with E-state index in [2.05, 4.69) is 5.32 Å². The van der Waals surface area contributed by atoms with E-state index in [1.54, 1.807) is 0 Å². The Morgan fingerprint density at radius 2 is 1.78 bits per heavy atom. The summed E-state index contributed by atoms with van der Waals surface area (Å²) in [5.74, 6) is -1.41. The van der Waals surface area contributed by atoms with E-state index in [0.717, 1.165) is 5.69 Å². The van der Waals surface area contributed by atoms with E-state index >= 15 is 0 Å². The van der Waals surface area contributed by atoms with E-state index in [9.17, 15) is 0 Å². The van der Waals surface area contributed by atoms with Gasteiger partial charge in [0.05, 0.1) is 6.61 Å². The molecular weight excluding hydrogens is 370 g/mol. The molecule has 3 aliphatic rings. The number of anilines is 1. The Balaban J connectivity index is 1.49. The topological polar surface area (TPSA) is 67.4 Å². The molecule has 0 aromatic heterocycles. The molecule has 3 aliphatic heterocycles. The summed E-state index contributed by atoms with van der Waals surface area (Å²) < 4.78 is 35.7. The maximum atomic E-state index is 6.10. The van der Waals surface area contributed by atoms with Crippen molar-refractivity contribution in [3.8, 4) is 0 Å². The van der Waals surface area contributed by atoms with Gasteiger partial charge in [-0.15, -0.1) is 0 Å². The molecule has 148 valence electrons. The highest BCUT2D eigenvalue weighted by Gasteiger charge is 2.59. The van der Waals surface area contributed by atoms with E-state index in [0.29, 0.717) is 6.61 Å². The van der Waals surface area contributed by atoms with E-state index in [-0.39, 0.29) is 11.3 Å². The van der Waals surface area contributed by atoms with Crippen molar-refractivity contribution in [3.63, 3.8) is 0 Å². The maximum absolute atomic E-state index is 6.10. The van der Waals surface area contributed by atoms with E-state index in [1.807, 2.05) is 58.0 Å². The third-order valence-corrected chi connectivity index (χ3v) is 4.89. The Labute approximate surface area is 164 Å². The SMILES string of the molecule is CC1(C)O[C@H]2O[C@H]([C@H]3COC(C)(C)O3)[C@H](OC(=S)Nc3ccccc3)[C@H]2O1. The van der Waals surface area contributed by atoms with Gasteiger partial charge in [-0.2, -0.15) is 0 Å². The van der Waals surface area contributed by atoms with Crippen molar-refractivity contribution in [1.29, 1.82) is 0 Å². The number of rotatable bonds is 3. The van der Waals surface area contributed by atoms with E-state index in [4.69, 9.17) is 40.6 Å². The fraction of sp³-hybridized carbons (Fsp3) is 0.632. The van der Waals surface area contributed by atoms with Gasteiger partial charge in [-0.05, 0) is 52.0 Å². The van der Waals surface area contributed by atoms with Crippen LogP contribution < -0.4 is 5.32 Å². The number of ether oxygens (including phenoxy) is 6. The third-order valence-electron chi connectivity index (χ3n) is 4.69. The Morgan fingerprint density at radius 3 is 2.44 bits per heavy atom. The van der Waals surface area contributed by atoms with E-state index in [1.165, 1.54) is 0 Å². The molecule has 0 saturated carbocycles. The molecule has 0 spiro atoms. The van der Waals surface area contributed by atoms with Gasteiger partial charge >= 0.3 is 0 Å². The predicted molar refractivity (Wildman–Crippen MR) is 101 cm³/mol. The molecule has 3 heterocycles. The normalized spacial score (nSPS) is 36.4. The average Bonchev–Trinajstić information content (AvgIpc) is 3.19. The summed E-state index contributed by atoms with van der Waals surface area (Å²) in [6.07, 6.45) is -2.16. The van der Waals surface area contributed by atoms with Gasteiger partial charge in [0.25, 0.3) is 5.17 Å². The molecule has 5 atom stereocenters. The lowest BCUT2D eigenvalue weighted by Gasteiger charge is -2.29. The summed E-state index contributed by atoms with van der Waals surface area (Å²) in [4.78, 5) is 0. The van der Waals surface area contributed by atoms with Crippen molar-refractivity contribution in [2.45, 2.75) is 70.0 Å². The molecule has 0 radical (unpaired) electrons. The Hall–Kier alpha value is -1.29. The Morgan fingerprint density at radius 1 is 1.04 bits per heavy atom. The lowest BCUT2D eigenvalue weighted by molar-refractivity contribution is -0.231. The summed E-state index contributed by atoms with van der Waals surface area (Å²) in [5.41, 5.74) is 0.847. The number of para-hydroxylation sites is 1. The van der Waals surface area contributed by atoms with Crippen molar-refractivity contribution >= 4 is 23.1 Å². The number of fused-ring (bicyclic) bond motifs is 1. The van der Waals surface area contributed by atoms with Gasteiger partial charge in [-0.1, -0.05) is 18.2 Å². The van der Waals surface area contributed by atoms with Crippen LogP contribution in [0.3, 0.4) is 0 Å². The third kappa shape index (κ3) is 4.11. The van der Waals surface area contributed by atoms with Crippen molar-refractivity contribution in [1.82, 2.24) is 0 Å². The minimum atomic E-state index is -0.747. The van der Waals surface area contributed by atoms with Crippen LogP contribution in [0.1, 0.15) is 27.7 Å². The van der Waals surface area contributed by atoms with Crippen LogP contribution in [0.5, 0.6) is 0 Å². The molecule has 3 saturated heterocycles. The molecule has 27 heavy (non-hydrogen) atoms. The maximum Gasteiger partial charge on any atom is 0.261 e. The molecule has 0 amide bonds. The van der Waals surface area contributed by atoms with Crippen LogP contribution in [-0.2, 0) is 28.4 Å². The standard InChI is InChI=1S/C19H25NO6S/c1-18(2)21-10-12(24-18)13-14(15-16(22-13)26-19(3,4)25-15)23-17(27)20-11-8-6-5-7-9-11/h5-9,12-16H,10H2,1-4H3,(H,20,27)/t12-,13-,14+,15-,16-/m1/s1. The van der Waals surface area contributed by atoms with Crippen LogP contribution in [0.2, 0.25) is 0 Å². The summed E-state index contributed by atoms with van der Waals surface area (Å²) in [6, 6.07) is 9.60. The van der Waals surface area contributed by atoms with Crippen LogP contribution in [0.15, 0.2) is 30.3 Å². The van der Waals surface area contributed by atoms with Crippen LogP contribution in [-0.4, -0.2) is 54.1 Å². The van der Waals surface area contributed by atoms with Gasteiger partial charge in [0.2, 0.25) is 0 Å². The van der Waals surface area contributed by atoms with Crippen molar-refractivity contribution < 1.29 is 28.4 Å². The number of nitrogens with one attached hydrogen (secondary N) is 1. The largest absolute Gasteiger partial charge is 0.462 e. The predicted octanol–water partition coefficient (Wildman–Crippen LogP) is 2.80. The monoisotopic (exact) mass is 395 g/mol. The second-order valence-electron chi connectivity index (χ2n) is 7.80. The minimum Gasteiger partial charge on any atom is -0.462 e. The van der Waals surface area contributed by atoms with Crippen molar-refractivity contribution in [2.75, 3.05) is 11.9 Å². The van der Waals surface area contributed by atoms with Gasteiger partial charge in [0.15, 0.2) is 30.1 Å². The molecular formula is C19H25NO6S. The summed E-state index contributed by atoms with van der Waals surface area (Å²) in [6.45, 7) is 7.84. The molecule has 1 aromatic rings. The number of hydrogen-bond donors (Lipinski definition) is 1. The minimum absolute atomic E-state index is 0.243. The van der Waals surface area contributed by atoms with Crippen LogP contribution in [0.4, 0.5) is 5.69 Å². The first-order valence-electron chi connectivity index (χ1n) is 9.08. The first-order chi connectivity index (χ1) is 12.7. The second-order valence-corrected chi connectivity index (χ2v) is 8.17. The lowest BCUT2D eigenvalue weighted by Crippen LogP contribution is -2.45. The molecule has 1 aromatic carbocycles. The van der Waals surface area contributed by atoms with E-state index < -0.39 is 36.2 Å². The molecule has 0 aliphatic carbocycles. The summed E-state index contributed by atoms with van der Waals surface area (Å²) >= 11 is 5.41. The number of thiocarbonyl (C=S) groups is 1. The fourth-order valence-corrected chi connectivity index (χ4v) is 3.84. The highest BCUT2D eigenvalue weighted by molar-refractivity contribution is 7.80. The average molecular weight is 395 g/mol. The lowest BCUT2D eigenvalue weighted by atomic mass is 10.1. The van der Waals surface area contributed by atoms with Crippen molar-refractivity contribution in [2.24, 2.45) is 0 Å². The van der Waals surface area contributed by atoms with Crippen LogP contribution in [0.25, 0.3) is 0 Å². The molecule has 1 N–H and O–H groups in total. The quantitative estimate of drug-likeness (QED) is 0.784. The fourth-order valence-electron chi connectivity index (χ4n) is 3.61. The molecule has 4 rings (SSSR count). The second kappa shape index (κ2) is 6.95. The molecule has 0 unspecified atom stereocenters. The van der Waals surface area contributed by atoms with Gasteiger partial charge in [-0.3, -0.25) is 0 Å². The zero-order valence-corrected chi connectivity index (χ0v) is 16.7. The van der Waals surface area contributed by atoms with Gasteiger partial charge < -0.3 is 33.7 Å². The first kappa shape index (κ1) is 19.0. The first-order valence-corrected chi connectivity index (χ1v) is 9.49. The zero-order valence-electron chi connectivity index (χ0n) is 15.8. The van der Waals surface area contributed by atoms with Gasteiger partial charge in [-0.25, -0.2) is 0 Å². The number of benzene rings is 1. The molecule has 3 fully saturated rings. The zero-order chi connectivity index (χ0) is 19.2.